The smallest absolute Gasteiger partial charge is 0.219 e. The first-order valence-electron chi connectivity index (χ1n) is 8.84. The van der Waals surface area contributed by atoms with Gasteiger partial charge in [-0.2, -0.15) is 0 Å². The molecule has 1 aliphatic rings. The molecule has 2 heterocycles. The van der Waals surface area contributed by atoms with Crippen LogP contribution < -0.4 is 4.90 Å². The van der Waals surface area contributed by atoms with E-state index in [-0.39, 0.29) is 5.91 Å². The average molecular weight is 338 g/mol. The van der Waals surface area contributed by atoms with E-state index >= 15 is 0 Å². The maximum absolute atomic E-state index is 11.6. The number of carbonyl (C=O) groups excluding carboxylic acids is 1. The fourth-order valence-electron chi connectivity index (χ4n) is 3.45. The summed E-state index contributed by atoms with van der Waals surface area (Å²) in [4.78, 5) is 25.1. The van der Waals surface area contributed by atoms with E-state index in [4.69, 9.17) is 4.98 Å². The van der Waals surface area contributed by atoms with Crippen molar-refractivity contribution in [1.29, 1.82) is 0 Å². The summed E-state index contributed by atoms with van der Waals surface area (Å²) in [6.07, 6.45) is 0.829. The molecule has 0 aliphatic carbocycles. The van der Waals surface area contributed by atoms with Crippen LogP contribution in [0.3, 0.4) is 0 Å². The van der Waals surface area contributed by atoms with Crippen molar-refractivity contribution in [3.63, 3.8) is 0 Å². The Morgan fingerprint density at radius 3 is 2.44 bits per heavy atom. The largest absolute Gasteiger partial charge is 0.353 e. The molecule has 1 fully saturated rings. The summed E-state index contributed by atoms with van der Waals surface area (Å²) in [5.41, 5.74) is 4.77. The fraction of sp³-hybridized carbons (Fsp3) is 0.450. The Balaban J connectivity index is 1.89. The summed E-state index contributed by atoms with van der Waals surface area (Å²) in [6.45, 7) is 10.9. The number of nitrogens with zero attached hydrogens (tertiary/aromatic N) is 4. The highest BCUT2D eigenvalue weighted by atomic mass is 16.2. The van der Waals surface area contributed by atoms with Crippen LogP contribution in [0.25, 0.3) is 0 Å². The van der Waals surface area contributed by atoms with Crippen LogP contribution >= 0.6 is 0 Å². The van der Waals surface area contributed by atoms with Crippen LogP contribution in [0.2, 0.25) is 0 Å². The lowest BCUT2D eigenvalue weighted by molar-refractivity contribution is -0.129. The van der Waals surface area contributed by atoms with Crippen molar-refractivity contribution in [2.24, 2.45) is 0 Å². The molecule has 0 N–H and O–H groups in total. The number of aryl methyl sites for hydroxylation is 3. The topological polar surface area (TPSA) is 49.3 Å². The van der Waals surface area contributed by atoms with Gasteiger partial charge in [0.05, 0.1) is 0 Å². The lowest BCUT2D eigenvalue weighted by atomic mass is 10.0. The summed E-state index contributed by atoms with van der Waals surface area (Å²) in [5.74, 6) is 1.97. The second-order valence-corrected chi connectivity index (χ2v) is 6.82. The lowest BCUT2D eigenvalue weighted by Crippen LogP contribution is -2.48. The Morgan fingerprint density at radius 1 is 1.08 bits per heavy atom. The maximum Gasteiger partial charge on any atom is 0.219 e. The van der Waals surface area contributed by atoms with Crippen molar-refractivity contribution < 1.29 is 4.79 Å². The minimum absolute atomic E-state index is 0.148. The van der Waals surface area contributed by atoms with Crippen molar-refractivity contribution in [1.82, 2.24) is 14.9 Å². The summed E-state index contributed by atoms with van der Waals surface area (Å²) >= 11 is 0. The van der Waals surface area contributed by atoms with Crippen LogP contribution in [-0.2, 0) is 11.2 Å². The highest BCUT2D eigenvalue weighted by Crippen LogP contribution is 2.25. The summed E-state index contributed by atoms with van der Waals surface area (Å²) in [5, 5.41) is 0. The van der Waals surface area contributed by atoms with E-state index in [2.05, 4.69) is 48.0 Å². The Kier molecular flexibility index (Phi) is 5.02. The Bertz CT molecular complexity index is 779. The molecular weight excluding hydrogens is 312 g/mol. The third-order valence-electron chi connectivity index (χ3n) is 4.79. The summed E-state index contributed by atoms with van der Waals surface area (Å²) in [6, 6.07) is 8.59. The standard InChI is InChI=1S/C20H26N4O/c1-14-6-5-7-18(12-14)13-19-15(2)21-16(3)22-20(19)24-10-8-23(9-11-24)17(4)25/h5-7,12H,8-11,13H2,1-4H3. The molecule has 0 atom stereocenters. The number of carbonyl (C=O) groups is 1. The number of anilines is 1. The van der Waals surface area contributed by atoms with Gasteiger partial charge in [-0.3, -0.25) is 4.79 Å². The molecule has 2 aromatic rings. The van der Waals surface area contributed by atoms with Gasteiger partial charge in [0.1, 0.15) is 11.6 Å². The summed E-state index contributed by atoms with van der Waals surface area (Å²) in [7, 11) is 0. The van der Waals surface area contributed by atoms with Crippen molar-refractivity contribution in [3.8, 4) is 0 Å². The number of rotatable bonds is 3. The molecule has 1 aromatic heterocycles. The molecule has 25 heavy (non-hydrogen) atoms. The van der Waals surface area contributed by atoms with E-state index in [1.807, 2.05) is 11.8 Å². The van der Waals surface area contributed by atoms with E-state index in [1.165, 1.54) is 16.7 Å². The first kappa shape index (κ1) is 17.4. The molecule has 5 nitrogen and oxygen atoms in total. The van der Waals surface area contributed by atoms with E-state index in [0.717, 1.165) is 49.9 Å². The van der Waals surface area contributed by atoms with E-state index in [0.29, 0.717) is 0 Å². The molecule has 132 valence electrons. The molecule has 3 rings (SSSR count). The molecule has 1 aromatic carbocycles. The Morgan fingerprint density at radius 2 is 1.80 bits per heavy atom. The molecule has 1 aliphatic heterocycles. The molecular formula is C20H26N4O. The number of amides is 1. The van der Waals surface area contributed by atoms with Gasteiger partial charge in [-0.25, -0.2) is 9.97 Å². The van der Waals surface area contributed by atoms with Crippen molar-refractivity contribution in [3.05, 3.63) is 52.5 Å². The lowest BCUT2D eigenvalue weighted by Gasteiger charge is -2.36. The van der Waals surface area contributed by atoms with Crippen LogP contribution in [-0.4, -0.2) is 47.0 Å². The molecule has 1 amide bonds. The SMILES string of the molecule is CC(=O)N1CCN(c2nc(C)nc(C)c2Cc2cccc(C)c2)CC1. The van der Waals surface area contributed by atoms with Gasteiger partial charge in [-0.1, -0.05) is 29.8 Å². The van der Waals surface area contributed by atoms with Crippen LogP contribution in [0, 0.1) is 20.8 Å². The Hall–Kier alpha value is -2.43. The van der Waals surface area contributed by atoms with E-state index in [1.54, 1.807) is 6.92 Å². The number of hydrogen-bond donors (Lipinski definition) is 0. The average Bonchev–Trinajstić information content (AvgIpc) is 2.57. The normalized spacial score (nSPS) is 14.7. The van der Waals surface area contributed by atoms with Crippen molar-refractivity contribution >= 4 is 11.7 Å². The maximum atomic E-state index is 11.6. The molecule has 0 radical (unpaired) electrons. The molecule has 1 saturated heterocycles. The van der Waals surface area contributed by atoms with Gasteiger partial charge in [0.15, 0.2) is 0 Å². The Labute approximate surface area is 149 Å². The highest BCUT2D eigenvalue weighted by Gasteiger charge is 2.23. The molecule has 0 bridgehead atoms. The van der Waals surface area contributed by atoms with Gasteiger partial charge in [0.25, 0.3) is 0 Å². The number of piperazine rings is 1. The van der Waals surface area contributed by atoms with Gasteiger partial charge in [0, 0.05) is 50.8 Å². The number of aromatic nitrogens is 2. The number of benzene rings is 1. The predicted molar refractivity (Wildman–Crippen MR) is 100.0 cm³/mol. The van der Waals surface area contributed by atoms with Crippen LogP contribution in [0.4, 0.5) is 5.82 Å². The second kappa shape index (κ2) is 7.21. The fourth-order valence-corrected chi connectivity index (χ4v) is 3.45. The van der Waals surface area contributed by atoms with Gasteiger partial charge < -0.3 is 9.80 Å². The van der Waals surface area contributed by atoms with Gasteiger partial charge in [-0.05, 0) is 26.3 Å². The van der Waals surface area contributed by atoms with Gasteiger partial charge in [-0.15, -0.1) is 0 Å². The van der Waals surface area contributed by atoms with Crippen molar-refractivity contribution in [2.45, 2.75) is 34.1 Å². The monoisotopic (exact) mass is 338 g/mol. The van der Waals surface area contributed by atoms with Crippen LogP contribution in [0.1, 0.15) is 35.1 Å². The molecule has 5 heteroatoms. The van der Waals surface area contributed by atoms with E-state index in [9.17, 15) is 4.79 Å². The second-order valence-electron chi connectivity index (χ2n) is 6.82. The zero-order valence-corrected chi connectivity index (χ0v) is 15.5. The zero-order valence-electron chi connectivity index (χ0n) is 15.5. The van der Waals surface area contributed by atoms with Crippen LogP contribution in [0.15, 0.2) is 24.3 Å². The third-order valence-corrected chi connectivity index (χ3v) is 4.79. The highest BCUT2D eigenvalue weighted by molar-refractivity contribution is 5.73. The molecule has 0 unspecified atom stereocenters. The third kappa shape index (κ3) is 3.98. The van der Waals surface area contributed by atoms with Gasteiger partial charge >= 0.3 is 0 Å². The van der Waals surface area contributed by atoms with Crippen LogP contribution in [0.5, 0.6) is 0 Å². The minimum Gasteiger partial charge on any atom is -0.353 e. The first-order chi connectivity index (χ1) is 11.9. The quantitative estimate of drug-likeness (QED) is 0.863. The minimum atomic E-state index is 0.148. The zero-order chi connectivity index (χ0) is 18.0. The summed E-state index contributed by atoms with van der Waals surface area (Å²) < 4.78 is 0. The molecule has 0 spiro atoms. The number of hydrogen-bond acceptors (Lipinski definition) is 4. The predicted octanol–water partition coefficient (Wildman–Crippen LogP) is 2.66. The van der Waals surface area contributed by atoms with Gasteiger partial charge in [0.2, 0.25) is 5.91 Å². The molecule has 0 saturated carbocycles. The van der Waals surface area contributed by atoms with Crippen molar-refractivity contribution in [2.75, 3.05) is 31.1 Å². The first-order valence-corrected chi connectivity index (χ1v) is 8.84. The van der Waals surface area contributed by atoms with E-state index < -0.39 is 0 Å².